The maximum absolute atomic E-state index is 12.5. The number of carboxylic acids is 1. The Morgan fingerprint density at radius 1 is 0.667 bits per heavy atom. The highest BCUT2D eigenvalue weighted by atomic mass is 16.8. The molecule has 0 radical (unpaired) electrons. The van der Waals surface area contributed by atoms with Crippen molar-refractivity contribution in [3.05, 3.63) is 11.6 Å². The lowest BCUT2D eigenvalue weighted by Crippen LogP contribution is -2.68. The molecule has 18 heteroatoms. The molecule has 0 spiro atoms. The first-order valence-electron chi connectivity index (χ1n) is 24.3. The van der Waals surface area contributed by atoms with Gasteiger partial charge in [-0.2, -0.15) is 0 Å². The average Bonchev–Trinajstić information content (AvgIpc) is 3.25. The van der Waals surface area contributed by atoms with E-state index in [0.29, 0.717) is 19.3 Å². The van der Waals surface area contributed by atoms with E-state index in [1.54, 1.807) is 0 Å². The van der Waals surface area contributed by atoms with Crippen LogP contribution in [0, 0.1) is 50.2 Å². The maximum Gasteiger partial charge on any atom is 0.335 e. The molecule has 25 unspecified atom stereocenters. The minimum Gasteiger partial charge on any atom is -0.479 e. The number of aliphatic carboxylic acids is 1. The van der Waals surface area contributed by atoms with Gasteiger partial charge in [0.15, 0.2) is 25.0 Å². The zero-order valence-electron chi connectivity index (χ0n) is 39.7. The summed E-state index contributed by atoms with van der Waals surface area (Å²) in [5.74, 6) is -1.24. The number of hydrogen-bond acceptors (Lipinski definition) is 17. The van der Waals surface area contributed by atoms with E-state index >= 15 is 0 Å². The minimum absolute atomic E-state index is 0.105. The van der Waals surface area contributed by atoms with Gasteiger partial charge in [0.05, 0.1) is 31.5 Å². The van der Waals surface area contributed by atoms with Gasteiger partial charge >= 0.3 is 5.97 Å². The number of hydrogen-bond donors (Lipinski definition) is 11. The van der Waals surface area contributed by atoms with Crippen LogP contribution in [0.25, 0.3) is 0 Å². The van der Waals surface area contributed by atoms with Gasteiger partial charge in [0.2, 0.25) is 0 Å². The molecule has 18 nitrogen and oxygen atoms in total. The molecule has 11 N–H and O–H groups in total. The van der Waals surface area contributed by atoms with E-state index in [1.807, 2.05) is 6.92 Å². The molecular formula is C48H78O18. The Kier molecular flexibility index (Phi) is 13.7. The molecular weight excluding hydrogens is 865 g/mol. The molecule has 378 valence electrons. The minimum atomic E-state index is -2.07. The predicted octanol–water partition coefficient (Wildman–Crippen LogP) is 0.705. The smallest absolute Gasteiger partial charge is 0.335 e. The molecule has 25 atom stereocenters. The van der Waals surface area contributed by atoms with Gasteiger partial charge in [0.1, 0.15) is 61.0 Å². The Morgan fingerprint density at radius 2 is 1.30 bits per heavy atom. The van der Waals surface area contributed by atoms with E-state index < -0.39 is 122 Å². The fourth-order valence-corrected chi connectivity index (χ4v) is 15.0. The molecule has 4 saturated carbocycles. The number of rotatable bonds is 9. The highest BCUT2D eigenvalue weighted by molar-refractivity contribution is 5.73. The van der Waals surface area contributed by atoms with E-state index in [-0.39, 0.29) is 51.4 Å². The summed E-state index contributed by atoms with van der Waals surface area (Å²) in [6.45, 7) is 16.3. The van der Waals surface area contributed by atoms with Gasteiger partial charge in [0, 0.05) is 10.8 Å². The van der Waals surface area contributed by atoms with Crippen LogP contribution in [-0.4, -0.2) is 180 Å². The molecule has 8 rings (SSSR count). The second-order valence-electron chi connectivity index (χ2n) is 23.6. The van der Waals surface area contributed by atoms with Crippen LogP contribution in [-0.2, 0) is 33.2 Å². The third-order valence-corrected chi connectivity index (χ3v) is 19.5. The van der Waals surface area contributed by atoms with Gasteiger partial charge in [-0.25, -0.2) is 4.79 Å². The molecule has 0 aromatic heterocycles. The first-order chi connectivity index (χ1) is 30.7. The fourth-order valence-electron chi connectivity index (χ4n) is 15.0. The summed E-state index contributed by atoms with van der Waals surface area (Å²) in [4.78, 5) is 12.5. The number of aliphatic hydroxyl groups excluding tert-OH is 10. The molecule has 5 aliphatic carbocycles. The van der Waals surface area contributed by atoms with E-state index in [0.717, 1.165) is 38.5 Å². The quantitative estimate of drug-likeness (QED) is 0.112. The van der Waals surface area contributed by atoms with Crippen molar-refractivity contribution in [2.45, 2.75) is 218 Å². The predicted molar refractivity (Wildman–Crippen MR) is 231 cm³/mol. The van der Waals surface area contributed by atoms with Crippen LogP contribution in [0.4, 0.5) is 0 Å². The van der Waals surface area contributed by atoms with Crippen molar-refractivity contribution < 1.29 is 89.4 Å². The van der Waals surface area contributed by atoms with E-state index in [9.17, 15) is 61.0 Å². The molecule has 3 saturated heterocycles. The fraction of sp³-hybridized carbons (Fsp3) is 0.938. The molecule has 0 bridgehead atoms. The third kappa shape index (κ3) is 7.78. The van der Waals surface area contributed by atoms with Gasteiger partial charge < -0.3 is 84.6 Å². The zero-order valence-corrected chi connectivity index (χ0v) is 39.7. The number of ether oxygens (including phenoxy) is 6. The summed E-state index contributed by atoms with van der Waals surface area (Å²) in [6.07, 6.45) is -17.8. The van der Waals surface area contributed by atoms with E-state index in [2.05, 4.69) is 47.6 Å². The zero-order chi connectivity index (χ0) is 48.4. The molecule has 3 aliphatic heterocycles. The highest BCUT2D eigenvalue weighted by Gasteiger charge is 2.70. The van der Waals surface area contributed by atoms with Crippen LogP contribution in [0.1, 0.15) is 113 Å². The lowest BCUT2D eigenvalue weighted by Gasteiger charge is -2.72. The van der Waals surface area contributed by atoms with Gasteiger partial charge in [0.25, 0.3) is 0 Å². The summed E-state index contributed by atoms with van der Waals surface area (Å²) in [6, 6.07) is 0. The number of allylic oxidation sites excluding steroid dienone is 2. The summed E-state index contributed by atoms with van der Waals surface area (Å²) in [7, 11) is 0. The standard InChI is InChI=1S/C48H78O18/c1-21-29(52)31(54)35(58)40(61-21)65-37-32(55)30(53)24(19-49)62-41(37)66-38-34(57)33(56)36(39(59)60)64-42(38)63-28-12-13-45(5)25(46(28,6)20-50)11-14-47(7)26(45)10-9-22-23-17-43(2,3)15-16-44(23,4)27(51)18-48(22,47)8/h9,21,23-38,40-42,49-58H,10-20H2,1-8H3,(H,59,60). The first kappa shape index (κ1) is 50.9. The van der Waals surface area contributed by atoms with Gasteiger partial charge in [-0.05, 0) is 104 Å². The van der Waals surface area contributed by atoms with Crippen molar-refractivity contribution in [1.82, 2.24) is 0 Å². The summed E-state index contributed by atoms with van der Waals surface area (Å²) >= 11 is 0. The Balaban J connectivity index is 1.08. The average molecular weight is 943 g/mol. The van der Waals surface area contributed by atoms with Crippen LogP contribution >= 0.6 is 0 Å². The topological polar surface area (TPSA) is 295 Å². The number of aliphatic hydroxyl groups is 10. The molecule has 8 aliphatic rings. The van der Waals surface area contributed by atoms with Gasteiger partial charge in [-0.15, -0.1) is 0 Å². The lowest BCUT2D eigenvalue weighted by molar-refractivity contribution is -0.396. The molecule has 0 aromatic rings. The lowest BCUT2D eigenvalue weighted by atomic mass is 9.33. The summed E-state index contributed by atoms with van der Waals surface area (Å²) in [5.41, 5.74) is -0.196. The van der Waals surface area contributed by atoms with Crippen LogP contribution in [0.15, 0.2) is 11.6 Å². The Bertz CT molecular complexity index is 1820. The van der Waals surface area contributed by atoms with Crippen molar-refractivity contribution in [3.63, 3.8) is 0 Å². The Hall–Kier alpha value is -1.43. The summed E-state index contributed by atoms with van der Waals surface area (Å²) < 4.78 is 36.2. The van der Waals surface area contributed by atoms with E-state index in [1.165, 1.54) is 12.5 Å². The van der Waals surface area contributed by atoms with Crippen LogP contribution in [0.3, 0.4) is 0 Å². The molecule has 7 fully saturated rings. The van der Waals surface area contributed by atoms with Crippen molar-refractivity contribution >= 4 is 5.97 Å². The normalized spacial score (nSPS) is 55.9. The van der Waals surface area contributed by atoms with Crippen molar-refractivity contribution in [2.75, 3.05) is 13.2 Å². The maximum atomic E-state index is 12.5. The highest BCUT2D eigenvalue weighted by Crippen LogP contribution is 2.76. The monoisotopic (exact) mass is 943 g/mol. The Labute approximate surface area is 387 Å². The van der Waals surface area contributed by atoms with Crippen LogP contribution < -0.4 is 0 Å². The number of fused-ring (bicyclic) bond motifs is 7. The first-order valence-corrected chi connectivity index (χ1v) is 24.3. The molecule has 66 heavy (non-hydrogen) atoms. The number of carbonyl (C=O) groups is 1. The van der Waals surface area contributed by atoms with Crippen molar-refractivity contribution in [1.29, 1.82) is 0 Å². The van der Waals surface area contributed by atoms with Crippen LogP contribution in [0.5, 0.6) is 0 Å². The molecule has 0 aromatic carbocycles. The largest absolute Gasteiger partial charge is 0.479 e. The van der Waals surface area contributed by atoms with Crippen molar-refractivity contribution in [2.24, 2.45) is 50.2 Å². The van der Waals surface area contributed by atoms with Gasteiger partial charge in [-0.3, -0.25) is 0 Å². The molecule has 0 amide bonds. The van der Waals surface area contributed by atoms with E-state index in [4.69, 9.17) is 28.4 Å². The summed E-state index contributed by atoms with van der Waals surface area (Å²) in [5, 5.41) is 120. The SMILES string of the molecule is CC1OC(OC2C(OC3C(OC4CCC5(C)C(CCC6(C)C5CC=C5C7CC(C)(C)CCC7(C)C(O)CC56C)C4(C)CO)OC(C(=O)O)C(O)C3O)OC(CO)C(O)C2O)C(O)C(O)C1O. The number of carboxylic acid groups (broad SMARTS) is 1. The second kappa shape index (κ2) is 17.7. The Morgan fingerprint density at radius 3 is 1.94 bits per heavy atom. The second-order valence-corrected chi connectivity index (χ2v) is 23.6. The third-order valence-electron chi connectivity index (χ3n) is 19.5. The van der Waals surface area contributed by atoms with Gasteiger partial charge in [-0.1, -0.05) is 60.1 Å². The van der Waals surface area contributed by atoms with Crippen LogP contribution in [0.2, 0.25) is 0 Å². The van der Waals surface area contributed by atoms with Crippen molar-refractivity contribution in [3.8, 4) is 0 Å². The molecule has 3 heterocycles.